The van der Waals surface area contributed by atoms with Crippen molar-refractivity contribution in [1.29, 1.82) is 5.26 Å². The van der Waals surface area contributed by atoms with Crippen LogP contribution in [0.3, 0.4) is 0 Å². The Kier molecular flexibility index (Phi) is 3.93. The number of nitriles is 1. The van der Waals surface area contributed by atoms with Crippen molar-refractivity contribution in [3.8, 4) is 17.2 Å². The standard InChI is InChI=1S/C18H18FN3/c1-22-10-15-5-3-12(6-16(15)11-22)13-2-4-14(18(19)8-13)7-17(21)9-20/h2-6,8,17H,7,10-11,21H2,1H3/t17-/m0/s1. The van der Waals surface area contributed by atoms with Crippen molar-refractivity contribution in [3.63, 3.8) is 0 Å². The minimum atomic E-state index is -0.670. The van der Waals surface area contributed by atoms with Gasteiger partial charge in [0.05, 0.1) is 12.1 Å². The number of halogens is 1. The molecule has 1 heterocycles. The van der Waals surface area contributed by atoms with Crippen LogP contribution < -0.4 is 5.73 Å². The second kappa shape index (κ2) is 5.88. The van der Waals surface area contributed by atoms with Gasteiger partial charge in [0.2, 0.25) is 0 Å². The van der Waals surface area contributed by atoms with Crippen LogP contribution in [0, 0.1) is 17.1 Å². The van der Waals surface area contributed by atoms with E-state index in [4.69, 9.17) is 11.0 Å². The summed E-state index contributed by atoms with van der Waals surface area (Å²) in [5.41, 5.74) is 10.6. The molecule has 3 rings (SSSR count). The molecule has 22 heavy (non-hydrogen) atoms. The fourth-order valence-electron chi connectivity index (χ4n) is 2.92. The molecule has 0 saturated heterocycles. The van der Waals surface area contributed by atoms with E-state index in [0.717, 1.165) is 24.2 Å². The summed E-state index contributed by atoms with van der Waals surface area (Å²) in [7, 11) is 2.09. The Labute approximate surface area is 129 Å². The average Bonchev–Trinajstić information content (AvgIpc) is 2.88. The van der Waals surface area contributed by atoms with Crippen LogP contribution in [0.25, 0.3) is 11.1 Å². The molecule has 2 aromatic rings. The van der Waals surface area contributed by atoms with Crippen LogP contribution in [-0.2, 0) is 19.5 Å². The molecule has 2 N–H and O–H groups in total. The van der Waals surface area contributed by atoms with Gasteiger partial charge in [-0.15, -0.1) is 0 Å². The Balaban J connectivity index is 1.89. The van der Waals surface area contributed by atoms with Crippen LogP contribution in [0.4, 0.5) is 4.39 Å². The minimum Gasteiger partial charge on any atom is -0.316 e. The minimum absolute atomic E-state index is 0.234. The Morgan fingerprint density at radius 1 is 1.18 bits per heavy atom. The van der Waals surface area contributed by atoms with Crippen molar-refractivity contribution in [1.82, 2.24) is 4.90 Å². The monoisotopic (exact) mass is 295 g/mol. The second-order valence-electron chi connectivity index (χ2n) is 5.90. The van der Waals surface area contributed by atoms with Crippen LogP contribution in [0.2, 0.25) is 0 Å². The molecule has 2 aromatic carbocycles. The zero-order valence-electron chi connectivity index (χ0n) is 12.5. The maximum atomic E-state index is 14.2. The number of benzene rings is 2. The van der Waals surface area contributed by atoms with Gasteiger partial charge in [0.15, 0.2) is 0 Å². The largest absolute Gasteiger partial charge is 0.316 e. The van der Waals surface area contributed by atoms with E-state index in [1.54, 1.807) is 6.07 Å². The average molecular weight is 295 g/mol. The molecular weight excluding hydrogens is 277 g/mol. The smallest absolute Gasteiger partial charge is 0.127 e. The number of rotatable bonds is 3. The van der Waals surface area contributed by atoms with Gasteiger partial charge in [-0.05, 0) is 47.0 Å². The van der Waals surface area contributed by atoms with Gasteiger partial charge in [0.1, 0.15) is 5.82 Å². The van der Waals surface area contributed by atoms with Gasteiger partial charge in [-0.2, -0.15) is 5.26 Å². The van der Waals surface area contributed by atoms with Crippen molar-refractivity contribution in [2.75, 3.05) is 7.05 Å². The predicted molar refractivity (Wildman–Crippen MR) is 84.3 cm³/mol. The van der Waals surface area contributed by atoms with Crippen LogP contribution >= 0.6 is 0 Å². The normalized spacial score (nSPS) is 15.4. The summed E-state index contributed by atoms with van der Waals surface area (Å²) < 4.78 is 14.2. The van der Waals surface area contributed by atoms with Crippen LogP contribution in [0.1, 0.15) is 16.7 Å². The molecule has 0 radical (unpaired) electrons. The number of nitrogens with two attached hydrogens (primary N) is 1. The predicted octanol–water partition coefficient (Wildman–Crippen LogP) is 2.83. The molecule has 112 valence electrons. The molecule has 0 saturated carbocycles. The molecule has 3 nitrogen and oxygen atoms in total. The third kappa shape index (κ3) is 2.87. The summed E-state index contributed by atoms with van der Waals surface area (Å²) in [5, 5.41) is 8.73. The lowest BCUT2D eigenvalue weighted by molar-refractivity contribution is 0.353. The number of hydrogen-bond donors (Lipinski definition) is 1. The summed E-state index contributed by atoms with van der Waals surface area (Å²) in [6.45, 7) is 1.90. The van der Waals surface area contributed by atoms with Gasteiger partial charge in [0.25, 0.3) is 0 Å². The summed E-state index contributed by atoms with van der Waals surface area (Å²) in [5.74, 6) is -0.305. The Hall–Kier alpha value is -2.22. The topological polar surface area (TPSA) is 53.0 Å². The molecule has 0 fully saturated rings. The number of nitrogens with zero attached hydrogens (tertiary/aromatic N) is 2. The highest BCUT2D eigenvalue weighted by molar-refractivity contribution is 5.65. The van der Waals surface area contributed by atoms with Crippen LogP contribution in [-0.4, -0.2) is 18.0 Å². The lowest BCUT2D eigenvalue weighted by Crippen LogP contribution is -2.20. The van der Waals surface area contributed by atoms with E-state index in [-0.39, 0.29) is 12.2 Å². The van der Waals surface area contributed by atoms with Gasteiger partial charge in [-0.3, -0.25) is 4.90 Å². The number of hydrogen-bond acceptors (Lipinski definition) is 3. The van der Waals surface area contributed by atoms with E-state index in [9.17, 15) is 4.39 Å². The van der Waals surface area contributed by atoms with E-state index in [1.807, 2.05) is 18.2 Å². The van der Waals surface area contributed by atoms with Crippen molar-refractivity contribution >= 4 is 0 Å². The highest BCUT2D eigenvalue weighted by Gasteiger charge is 2.16. The Bertz CT molecular complexity index is 748. The quantitative estimate of drug-likeness (QED) is 0.947. The van der Waals surface area contributed by atoms with E-state index >= 15 is 0 Å². The molecule has 0 bridgehead atoms. The van der Waals surface area contributed by atoms with Crippen molar-refractivity contribution in [2.45, 2.75) is 25.6 Å². The fraction of sp³-hybridized carbons (Fsp3) is 0.278. The van der Waals surface area contributed by atoms with Gasteiger partial charge < -0.3 is 5.73 Å². The van der Waals surface area contributed by atoms with Gasteiger partial charge in [-0.25, -0.2) is 4.39 Å². The van der Waals surface area contributed by atoms with E-state index in [0.29, 0.717) is 5.56 Å². The zero-order chi connectivity index (χ0) is 15.7. The summed E-state index contributed by atoms with van der Waals surface area (Å²) in [6.07, 6.45) is 0.234. The van der Waals surface area contributed by atoms with Crippen molar-refractivity contribution in [3.05, 3.63) is 58.9 Å². The van der Waals surface area contributed by atoms with E-state index < -0.39 is 6.04 Å². The second-order valence-corrected chi connectivity index (χ2v) is 5.90. The van der Waals surface area contributed by atoms with Gasteiger partial charge in [0, 0.05) is 19.5 Å². The first-order valence-corrected chi connectivity index (χ1v) is 7.31. The van der Waals surface area contributed by atoms with Gasteiger partial charge in [-0.1, -0.05) is 24.3 Å². The molecule has 0 spiro atoms. The molecule has 0 aliphatic carbocycles. The van der Waals surface area contributed by atoms with Crippen molar-refractivity contribution < 1.29 is 4.39 Å². The first kappa shape index (κ1) is 14.7. The lowest BCUT2D eigenvalue weighted by Gasteiger charge is -2.09. The molecule has 1 aliphatic rings. The molecule has 1 atom stereocenters. The lowest BCUT2D eigenvalue weighted by atomic mass is 9.98. The highest BCUT2D eigenvalue weighted by Crippen LogP contribution is 2.28. The molecule has 1 aliphatic heterocycles. The van der Waals surface area contributed by atoms with E-state index in [1.165, 1.54) is 17.2 Å². The molecule has 0 unspecified atom stereocenters. The maximum Gasteiger partial charge on any atom is 0.127 e. The van der Waals surface area contributed by atoms with Crippen LogP contribution in [0.15, 0.2) is 36.4 Å². The molecule has 4 heteroatoms. The first-order chi connectivity index (χ1) is 10.6. The Morgan fingerprint density at radius 2 is 1.86 bits per heavy atom. The number of fused-ring (bicyclic) bond motifs is 1. The first-order valence-electron chi connectivity index (χ1n) is 7.31. The SMILES string of the molecule is CN1Cc2ccc(-c3ccc(C[C@H](N)C#N)c(F)c3)cc2C1. The van der Waals surface area contributed by atoms with Crippen molar-refractivity contribution in [2.24, 2.45) is 5.73 Å². The summed E-state index contributed by atoms with van der Waals surface area (Å²) in [6, 6.07) is 12.7. The summed E-state index contributed by atoms with van der Waals surface area (Å²) >= 11 is 0. The summed E-state index contributed by atoms with van der Waals surface area (Å²) in [4.78, 5) is 2.25. The third-order valence-electron chi connectivity index (χ3n) is 4.08. The van der Waals surface area contributed by atoms with Gasteiger partial charge >= 0.3 is 0 Å². The highest BCUT2D eigenvalue weighted by atomic mass is 19.1. The molecule has 0 amide bonds. The van der Waals surface area contributed by atoms with Crippen LogP contribution in [0.5, 0.6) is 0 Å². The molecular formula is C18H18FN3. The maximum absolute atomic E-state index is 14.2. The van der Waals surface area contributed by atoms with E-state index in [2.05, 4.69) is 24.1 Å². The Morgan fingerprint density at radius 3 is 2.59 bits per heavy atom. The fourth-order valence-corrected chi connectivity index (χ4v) is 2.92. The molecule has 0 aromatic heterocycles. The zero-order valence-corrected chi connectivity index (χ0v) is 12.5. The third-order valence-corrected chi connectivity index (χ3v) is 4.08.